The van der Waals surface area contributed by atoms with Gasteiger partial charge in [-0.05, 0) is 35.1 Å². The molecule has 2 amide bonds. The maximum atomic E-state index is 12.3. The van der Waals surface area contributed by atoms with Gasteiger partial charge >= 0.3 is 12.1 Å². The van der Waals surface area contributed by atoms with Crippen molar-refractivity contribution in [2.24, 2.45) is 0 Å². The second-order valence-electron chi connectivity index (χ2n) is 8.46. The van der Waals surface area contributed by atoms with E-state index >= 15 is 0 Å². The van der Waals surface area contributed by atoms with Gasteiger partial charge in [-0.3, -0.25) is 4.79 Å². The second kappa shape index (κ2) is 10.7. The molecule has 0 aromatic heterocycles. The molecule has 1 saturated heterocycles. The summed E-state index contributed by atoms with van der Waals surface area (Å²) in [5.41, 5.74) is 4.60. The highest BCUT2D eigenvalue weighted by Gasteiger charge is 2.32. The number of carbonyl (C=O) groups excluding carboxylic acids is 2. The molecule has 4 rings (SSSR count). The molecule has 0 radical (unpaired) electrons. The van der Waals surface area contributed by atoms with E-state index < -0.39 is 24.3 Å². The second-order valence-corrected chi connectivity index (χ2v) is 8.46. The first-order valence-corrected chi connectivity index (χ1v) is 11.4. The van der Waals surface area contributed by atoms with E-state index in [1.165, 1.54) is 0 Å². The van der Waals surface area contributed by atoms with Gasteiger partial charge < -0.3 is 30.3 Å². The number of carboxylic acid groups (broad SMARTS) is 1. The number of benzene rings is 2. The van der Waals surface area contributed by atoms with E-state index in [0.717, 1.165) is 22.3 Å². The van der Waals surface area contributed by atoms with Crippen molar-refractivity contribution < 1.29 is 34.1 Å². The third kappa shape index (κ3) is 5.37. The maximum absolute atomic E-state index is 12.3. The van der Waals surface area contributed by atoms with E-state index in [9.17, 15) is 19.5 Å². The first-order valence-electron chi connectivity index (χ1n) is 11.4. The molecule has 1 fully saturated rings. The molecule has 9 nitrogen and oxygen atoms in total. The summed E-state index contributed by atoms with van der Waals surface area (Å²) in [5.74, 6) is -1.71. The minimum absolute atomic E-state index is 0.0198. The van der Waals surface area contributed by atoms with Crippen LogP contribution in [-0.2, 0) is 19.1 Å². The van der Waals surface area contributed by atoms with Crippen LogP contribution in [0.1, 0.15) is 36.3 Å². The average Bonchev–Trinajstić information content (AvgIpc) is 3.44. The van der Waals surface area contributed by atoms with E-state index in [2.05, 4.69) is 34.9 Å². The van der Waals surface area contributed by atoms with Crippen molar-refractivity contribution in [3.63, 3.8) is 0 Å². The zero-order valence-electron chi connectivity index (χ0n) is 18.6. The zero-order valence-corrected chi connectivity index (χ0v) is 18.6. The number of aliphatic hydroxyl groups excluding tert-OH is 1. The van der Waals surface area contributed by atoms with Gasteiger partial charge in [-0.15, -0.1) is 0 Å². The molecule has 0 saturated carbocycles. The lowest BCUT2D eigenvalue weighted by Gasteiger charge is -2.16. The Labute approximate surface area is 197 Å². The number of carbonyl (C=O) groups is 3. The number of aliphatic hydroxyl groups is 1. The minimum atomic E-state index is -1.51. The summed E-state index contributed by atoms with van der Waals surface area (Å²) in [7, 11) is 0. The summed E-state index contributed by atoms with van der Waals surface area (Å²) in [4.78, 5) is 35.1. The monoisotopic (exact) mass is 468 g/mol. The predicted molar refractivity (Wildman–Crippen MR) is 122 cm³/mol. The van der Waals surface area contributed by atoms with Crippen molar-refractivity contribution in [3.8, 4) is 11.1 Å². The van der Waals surface area contributed by atoms with E-state index in [1.54, 1.807) is 0 Å². The molecule has 2 aromatic carbocycles. The quantitative estimate of drug-likeness (QED) is 0.442. The highest BCUT2D eigenvalue weighted by atomic mass is 16.5. The summed E-state index contributed by atoms with van der Waals surface area (Å²) < 4.78 is 11.2. The predicted octanol–water partition coefficient (Wildman–Crippen LogP) is 2.02. The van der Waals surface area contributed by atoms with Gasteiger partial charge in [0.05, 0.1) is 6.10 Å². The SMILES string of the molecule is O=C(NCC1CCC(C(=O)NCCC(O)C(=O)O)O1)OCC1c2ccccc2-c2ccccc21. The van der Waals surface area contributed by atoms with Gasteiger partial charge in [0, 0.05) is 25.4 Å². The Balaban J connectivity index is 1.20. The van der Waals surface area contributed by atoms with Crippen LogP contribution in [0.5, 0.6) is 0 Å². The van der Waals surface area contributed by atoms with Crippen LogP contribution in [0, 0.1) is 0 Å². The first-order chi connectivity index (χ1) is 16.4. The smallest absolute Gasteiger partial charge is 0.407 e. The van der Waals surface area contributed by atoms with Crippen molar-refractivity contribution >= 4 is 18.0 Å². The number of aliphatic carboxylic acids is 1. The van der Waals surface area contributed by atoms with Gasteiger partial charge in [0.15, 0.2) is 6.10 Å². The van der Waals surface area contributed by atoms with Crippen molar-refractivity contribution in [1.29, 1.82) is 0 Å². The maximum Gasteiger partial charge on any atom is 0.407 e. The lowest BCUT2D eigenvalue weighted by Crippen LogP contribution is -2.38. The van der Waals surface area contributed by atoms with Crippen molar-refractivity contribution in [1.82, 2.24) is 10.6 Å². The lowest BCUT2D eigenvalue weighted by atomic mass is 9.98. The number of fused-ring (bicyclic) bond motifs is 3. The third-order valence-corrected chi connectivity index (χ3v) is 6.22. The number of nitrogens with one attached hydrogen (secondary N) is 2. The molecule has 0 bridgehead atoms. The Morgan fingerprint density at radius 1 is 1.00 bits per heavy atom. The fraction of sp³-hybridized carbons (Fsp3) is 0.400. The average molecular weight is 469 g/mol. The van der Waals surface area contributed by atoms with Gasteiger partial charge in [0.1, 0.15) is 12.7 Å². The Hall–Kier alpha value is -3.43. The Morgan fingerprint density at radius 3 is 2.29 bits per heavy atom. The standard InChI is InChI=1S/C25H28N2O7/c28-21(24(30)31)11-12-26-23(29)22-10-9-15(34-22)13-27-25(32)33-14-20-18-7-3-1-5-16(18)17-6-2-4-8-19(17)20/h1-8,15,20-22,28H,9-14H2,(H,26,29)(H,27,32)(H,30,31). The number of amides is 2. The fourth-order valence-electron chi connectivity index (χ4n) is 4.46. The molecule has 0 spiro atoms. The largest absolute Gasteiger partial charge is 0.479 e. The van der Waals surface area contributed by atoms with Crippen molar-refractivity contribution in [3.05, 3.63) is 59.7 Å². The molecule has 180 valence electrons. The number of alkyl carbamates (subject to hydrolysis) is 1. The molecular weight excluding hydrogens is 440 g/mol. The number of rotatable bonds is 9. The normalized spacial score (nSPS) is 19.7. The van der Waals surface area contributed by atoms with Crippen LogP contribution in [0.4, 0.5) is 4.79 Å². The van der Waals surface area contributed by atoms with Crippen LogP contribution in [0.3, 0.4) is 0 Å². The van der Waals surface area contributed by atoms with Crippen LogP contribution >= 0.6 is 0 Å². The molecular formula is C25H28N2O7. The number of carboxylic acids is 1. The first kappa shape index (κ1) is 23.7. The molecule has 2 aliphatic rings. The van der Waals surface area contributed by atoms with E-state index in [1.807, 2.05) is 24.3 Å². The third-order valence-electron chi connectivity index (χ3n) is 6.22. The molecule has 1 aliphatic heterocycles. The van der Waals surface area contributed by atoms with Gasteiger partial charge in [0.2, 0.25) is 5.91 Å². The molecule has 1 heterocycles. The van der Waals surface area contributed by atoms with E-state index in [0.29, 0.717) is 12.8 Å². The van der Waals surface area contributed by atoms with Gasteiger partial charge in [-0.2, -0.15) is 0 Å². The highest BCUT2D eigenvalue weighted by Crippen LogP contribution is 2.44. The van der Waals surface area contributed by atoms with Crippen molar-refractivity contribution in [2.45, 2.75) is 43.5 Å². The van der Waals surface area contributed by atoms with Crippen LogP contribution in [0.2, 0.25) is 0 Å². The molecule has 4 N–H and O–H groups in total. The van der Waals surface area contributed by atoms with Crippen LogP contribution in [0.25, 0.3) is 11.1 Å². The number of hydrogen-bond acceptors (Lipinski definition) is 6. The van der Waals surface area contributed by atoms with Crippen molar-refractivity contribution in [2.75, 3.05) is 19.7 Å². The topological polar surface area (TPSA) is 134 Å². The highest BCUT2D eigenvalue weighted by molar-refractivity contribution is 5.81. The summed E-state index contributed by atoms with van der Waals surface area (Å²) in [5, 5.41) is 23.2. The summed E-state index contributed by atoms with van der Waals surface area (Å²) in [6.45, 7) is 0.478. The molecule has 3 atom stereocenters. The van der Waals surface area contributed by atoms with Crippen LogP contribution < -0.4 is 10.6 Å². The van der Waals surface area contributed by atoms with E-state index in [-0.39, 0.29) is 44.0 Å². The number of ether oxygens (including phenoxy) is 2. The molecule has 1 aliphatic carbocycles. The fourth-order valence-corrected chi connectivity index (χ4v) is 4.46. The van der Waals surface area contributed by atoms with Gasteiger partial charge in [-0.25, -0.2) is 9.59 Å². The Bertz CT molecular complexity index is 1010. The van der Waals surface area contributed by atoms with Crippen LogP contribution in [0.15, 0.2) is 48.5 Å². The lowest BCUT2D eigenvalue weighted by molar-refractivity contribution is -0.147. The Morgan fingerprint density at radius 2 is 1.65 bits per heavy atom. The Kier molecular flexibility index (Phi) is 7.44. The zero-order chi connectivity index (χ0) is 24.1. The summed E-state index contributed by atoms with van der Waals surface area (Å²) >= 11 is 0. The molecule has 9 heteroatoms. The van der Waals surface area contributed by atoms with Gasteiger partial charge in [0.25, 0.3) is 0 Å². The summed E-state index contributed by atoms with van der Waals surface area (Å²) in [6.07, 6.45) is -2.04. The van der Waals surface area contributed by atoms with Gasteiger partial charge in [-0.1, -0.05) is 48.5 Å². The summed E-state index contributed by atoms with van der Waals surface area (Å²) in [6, 6.07) is 16.2. The minimum Gasteiger partial charge on any atom is -0.479 e. The van der Waals surface area contributed by atoms with E-state index in [4.69, 9.17) is 14.6 Å². The molecule has 3 unspecified atom stereocenters. The molecule has 34 heavy (non-hydrogen) atoms. The van der Waals surface area contributed by atoms with Crippen LogP contribution in [-0.4, -0.2) is 66.2 Å². The molecule has 2 aromatic rings. The number of hydrogen-bond donors (Lipinski definition) is 4.